The minimum absolute atomic E-state index is 0.0215. The monoisotopic (exact) mass is 707 g/mol. The smallest absolute Gasteiger partial charge is 0.245 e. The summed E-state index contributed by atoms with van der Waals surface area (Å²) in [5.74, 6) is -6.24. The first-order valence-corrected chi connectivity index (χ1v) is 16.1. The number of primary amides is 1. The lowest BCUT2D eigenvalue weighted by Crippen LogP contribution is -2.55. The second-order valence-corrected chi connectivity index (χ2v) is 11.5. The lowest BCUT2D eigenvalue weighted by Gasteiger charge is -2.27. The Morgan fingerprint density at radius 1 is 1.02 bits per heavy atom. The van der Waals surface area contributed by atoms with E-state index in [9.17, 15) is 47.9 Å². The number of nitrogens with zero attached hydrogens (tertiary/aromatic N) is 1. The highest BCUT2D eigenvalue weighted by Crippen LogP contribution is 2.10. The molecule has 1 heterocycles. The molecule has 18 nitrogen and oxygen atoms in total. The van der Waals surface area contributed by atoms with Crippen LogP contribution in [0.3, 0.4) is 0 Å². The van der Waals surface area contributed by atoms with E-state index >= 15 is 0 Å². The van der Waals surface area contributed by atoms with Crippen LogP contribution < -0.4 is 43.0 Å². The molecule has 8 amide bonds. The lowest BCUT2D eigenvalue weighted by atomic mass is 10.0. The van der Waals surface area contributed by atoms with Gasteiger partial charge in [0.1, 0.15) is 30.2 Å². The number of benzene rings is 1. The zero-order valence-electron chi connectivity index (χ0n) is 28.0. The number of β-amino-alcohol motifs (C(OH)–C–C–N with tert-alkyl or cyclic N) is 1. The molecule has 276 valence electrons. The predicted octanol–water partition coefficient (Wildman–Crippen LogP) is -3.99. The summed E-state index contributed by atoms with van der Waals surface area (Å²) in [6.45, 7) is 0.892. The van der Waals surface area contributed by atoms with Crippen molar-refractivity contribution in [1.29, 1.82) is 0 Å². The zero-order chi connectivity index (χ0) is 37.2. The fourth-order valence-electron chi connectivity index (χ4n) is 4.81. The van der Waals surface area contributed by atoms with Crippen LogP contribution in [-0.4, -0.2) is 121 Å². The van der Waals surface area contributed by atoms with Gasteiger partial charge in [0.25, 0.3) is 0 Å². The van der Waals surface area contributed by atoms with Crippen LogP contribution in [0.4, 0.5) is 4.39 Å². The van der Waals surface area contributed by atoms with Gasteiger partial charge in [0.05, 0.1) is 26.2 Å². The third kappa shape index (κ3) is 14.9. The first-order chi connectivity index (χ1) is 23.7. The van der Waals surface area contributed by atoms with Gasteiger partial charge in [-0.3, -0.25) is 43.7 Å². The van der Waals surface area contributed by atoms with E-state index < -0.39 is 104 Å². The van der Waals surface area contributed by atoms with Gasteiger partial charge in [-0.05, 0) is 37.8 Å². The number of halogens is 1. The zero-order valence-corrected chi connectivity index (χ0v) is 28.0. The third-order valence-corrected chi connectivity index (χ3v) is 7.49. The van der Waals surface area contributed by atoms with Crippen molar-refractivity contribution in [1.82, 2.24) is 42.1 Å². The molecule has 4 unspecified atom stereocenters. The average molecular weight is 708 g/mol. The number of hydrogen-bond acceptors (Lipinski definition) is 10. The molecule has 1 aliphatic rings. The van der Waals surface area contributed by atoms with Crippen molar-refractivity contribution in [2.75, 3.05) is 39.3 Å². The number of aliphatic hydroxyl groups is 1. The molecule has 1 fully saturated rings. The standard InChI is InChI=1S/C31H46FN9O9/c1-3-41-17-28(47)40-23(13-19-7-4-5-8-20(19)32)30(49)37-14-25(44)36-16-27(46)38-21(29(33)48)9-6-12-34-24(43)11-10-22(31(41)50)39-26(45)15-35-18(2)42/h4-5,7-8,21-23,25,36,44H,3,6,9-17H2,1-2H3,(H2,33,48)(H,34,43)(H,35,42)(H,37,49)(H,38,46)(H,39,45)(H,40,47). The fraction of sp³-hybridized carbons (Fsp3) is 0.548. The average Bonchev–Trinajstić information content (AvgIpc) is 3.07. The number of carbonyl (C=O) groups is 8. The Balaban J connectivity index is 2.35. The molecule has 2 rings (SSSR count). The molecule has 0 radical (unpaired) electrons. The van der Waals surface area contributed by atoms with Gasteiger partial charge in [-0.2, -0.15) is 0 Å². The third-order valence-electron chi connectivity index (χ3n) is 7.49. The Hall–Kier alpha value is -5.17. The maximum atomic E-state index is 14.5. The van der Waals surface area contributed by atoms with E-state index in [1.807, 2.05) is 0 Å². The quantitative estimate of drug-likeness (QED) is 0.133. The summed E-state index contributed by atoms with van der Waals surface area (Å²) in [7, 11) is 0. The molecule has 0 saturated carbocycles. The molecule has 50 heavy (non-hydrogen) atoms. The van der Waals surface area contributed by atoms with E-state index in [4.69, 9.17) is 5.73 Å². The molecule has 1 aliphatic heterocycles. The van der Waals surface area contributed by atoms with Crippen LogP contribution in [0.25, 0.3) is 0 Å². The minimum Gasteiger partial charge on any atom is -0.377 e. The number of carbonyl (C=O) groups excluding carboxylic acids is 8. The van der Waals surface area contributed by atoms with Gasteiger partial charge in [-0.25, -0.2) is 4.39 Å². The molecule has 4 atom stereocenters. The Morgan fingerprint density at radius 2 is 1.74 bits per heavy atom. The Bertz CT molecular complexity index is 1400. The second kappa shape index (κ2) is 21.0. The maximum Gasteiger partial charge on any atom is 0.245 e. The molecule has 0 aromatic heterocycles. The number of rotatable bonds is 7. The van der Waals surface area contributed by atoms with E-state index in [0.29, 0.717) is 0 Å². The van der Waals surface area contributed by atoms with Gasteiger partial charge in [0.2, 0.25) is 47.3 Å². The number of hydrogen-bond donors (Lipinski definition) is 9. The lowest BCUT2D eigenvalue weighted by molar-refractivity contribution is -0.140. The highest BCUT2D eigenvalue weighted by molar-refractivity contribution is 5.94. The van der Waals surface area contributed by atoms with E-state index in [2.05, 4.69) is 37.2 Å². The van der Waals surface area contributed by atoms with Crippen molar-refractivity contribution < 1.29 is 47.9 Å². The molecule has 0 spiro atoms. The molecule has 19 heteroatoms. The van der Waals surface area contributed by atoms with Crippen molar-refractivity contribution in [3.8, 4) is 0 Å². The van der Waals surface area contributed by atoms with Gasteiger partial charge in [0.15, 0.2) is 0 Å². The van der Waals surface area contributed by atoms with Gasteiger partial charge in [-0.15, -0.1) is 0 Å². The van der Waals surface area contributed by atoms with Gasteiger partial charge < -0.3 is 47.6 Å². The number of likely N-dealkylation sites (N-methyl/N-ethyl adjacent to an activating group) is 1. The molecule has 10 N–H and O–H groups in total. The molecular weight excluding hydrogens is 661 g/mol. The van der Waals surface area contributed by atoms with Gasteiger partial charge >= 0.3 is 0 Å². The van der Waals surface area contributed by atoms with Crippen molar-refractivity contribution in [3.05, 3.63) is 35.6 Å². The number of nitrogens with two attached hydrogens (primary N) is 1. The summed E-state index contributed by atoms with van der Waals surface area (Å²) in [6.07, 6.45) is -1.90. The van der Waals surface area contributed by atoms with Crippen molar-refractivity contribution in [2.24, 2.45) is 5.73 Å². The minimum atomic E-state index is -1.45. The molecule has 1 saturated heterocycles. The number of nitrogens with one attached hydrogen (secondary N) is 7. The topological polar surface area (TPSA) is 270 Å². The summed E-state index contributed by atoms with van der Waals surface area (Å²) >= 11 is 0. The number of amides is 8. The second-order valence-electron chi connectivity index (χ2n) is 11.5. The Labute approximate surface area is 288 Å². The van der Waals surface area contributed by atoms with Crippen molar-refractivity contribution >= 4 is 47.3 Å². The number of aliphatic hydroxyl groups excluding tert-OH is 1. The first-order valence-electron chi connectivity index (χ1n) is 16.1. The van der Waals surface area contributed by atoms with Crippen molar-refractivity contribution in [2.45, 2.75) is 70.3 Å². The highest BCUT2D eigenvalue weighted by Gasteiger charge is 2.29. The molecule has 0 aliphatic carbocycles. The van der Waals surface area contributed by atoms with Crippen LogP contribution in [0.5, 0.6) is 0 Å². The molecular formula is C31H46FN9O9. The van der Waals surface area contributed by atoms with Crippen LogP contribution in [-0.2, 0) is 44.8 Å². The van der Waals surface area contributed by atoms with Crippen LogP contribution in [0.15, 0.2) is 24.3 Å². The highest BCUT2D eigenvalue weighted by atomic mass is 19.1. The fourth-order valence-corrected chi connectivity index (χ4v) is 4.81. The Kier molecular flexibility index (Phi) is 17.2. The summed E-state index contributed by atoms with van der Waals surface area (Å²) in [5.41, 5.74) is 5.49. The van der Waals surface area contributed by atoms with E-state index in [1.165, 1.54) is 31.2 Å². The summed E-state index contributed by atoms with van der Waals surface area (Å²) in [4.78, 5) is 102. The van der Waals surface area contributed by atoms with Crippen LogP contribution in [0.1, 0.15) is 45.1 Å². The van der Waals surface area contributed by atoms with E-state index in [-0.39, 0.29) is 50.8 Å². The predicted molar refractivity (Wildman–Crippen MR) is 175 cm³/mol. The largest absolute Gasteiger partial charge is 0.377 e. The van der Waals surface area contributed by atoms with Gasteiger partial charge in [-0.1, -0.05) is 18.2 Å². The molecule has 0 bridgehead atoms. The van der Waals surface area contributed by atoms with E-state index in [0.717, 1.165) is 4.90 Å². The normalized spacial score (nSPS) is 22.6. The summed E-state index contributed by atoms with van der Waals surface area (Å²) in [5, 5.41) is 27.5. The van der Waals surface area contributed by atoms with Crippen LogP contribution >= 0.6 is 0 Å². The maximum absolute atomic E-state index is 14.5. The van der Waals surface area contributed by atoms with Crippen LogP contribution in [0.2, 0.25) is 0 Å². The van der Waals surface area contributed by atoms with Crippen LogP contribution in [0, 0.1) is 5.82 Å². The first kappa shape index (κ1) is 41.0. The molecule has 1 aromatic rings. The SMILES string of the molecule is CCN1CC(=O)NC(Cc2ccccc2F)C(=O)NCC(O)NCC(=O)NC(C(N)=O)CCCNC(=O)CCC(NC(=O)CNC(C)=O)C1=O. The van der Waals surface area contributed by atoms with Crippen molar-refractivity contribution in [3.63, 3.8) is 0 Å². The Morgan fingerprint density at radius 3 is 2.40 bits per heavy atom. The van der Waals surface area contributed by atoms with Gasteiger partial charge in [0, 0.05) is 32.9 Å². The molecule has 1 aromatic carbocycles. The summed E-state index contributed by atoms with van der Waals surface area (Å²) in [6, 6.07) is 1.81. The van der Waals surface area contributed by atoms with E-state index in [1.54, 1.807) is 6.92 Å². The summed E-state index contributed by atoms with van der Waals surface area (Å²) < 4.78 is 14.5.